The van der Waals surface area contributed by atoms with Crippen LogP contribution in [-0.4, -0.2) is 70.0 Å². The molecule has 1 aliphatic rings. The molecule has 0 radical (unpaired) electrons. The summed E-state index contributed by atoms with van der Waals surface area (Å²) in [7, 11) is 0. The Kier molecular flexibility index (Phi) is 7.60. The Morgan fingerprint density at radius 2 is 1.83 bits per heavy atom. The molecule has 3 heterocycles. The van der Waals surface area contributed by atoms with Crippen LogP contribution in [0.3, 0.4) is 0 Å². The minimum Gasteiger partial charge on any atom is -0.450 e. The molecule has 190 valence electrons. The van der Waals surface area contributed by atoms with Crippen molar-refractivity contribution in [2.75, 3.05) is 38.1 Å². The maximum Gasteiger partial charge on any atom is 0.409 e. The summed E-state index contributed by atoms with van der Waals surface area (Å²) in [5.74, 6) is -0.610. The van der Waals surface area contributed by atoms with Gasteiger partial charge in [0.15, 0.2) is 0 Å². The van der Waals surface area contributed by atoms with E-state index in [4.69, 9.17) is 16.3 Å². The van der Waals surface area contributed by atoms with E-state index >= 15 is 0 Å². The third-order valence-electron chi connectivity index (χ3n) is 5.97. The van der Waals surface area contributed by atoms with Gasteiger partial charge in [0, 0.05) is 36.9 Å². The lowest BCUT2D eigenvalue weighted by molar-refractivity contribution is -0.116. The summed E-state index contributed by atoms with van der Waals surface area (Å²) < 4.78 is 6.24. The normalized spacial score (nSPS) is 13.7. The summed E-state index contributed by atoms with van der Waals surface area (Å²) in [4.78, 5) is 59.3. The van der Waals surface area contributed by atoms with Gasteiger partial charge in [-0.15, -0.1) is 11.3 Å². The highest BCUT2D eigenvalue weighted by Crippen LogP contribution is 2.28. The maximum absolute atomic E-state index is 13.2. The molecule has 3 aromatic rings. The molecular weight excluding hydrogens is 506 g/mol. The number of hydrogen-bond donors (Lipinski definition) is 1. The zero-order valence-electron chi connectivity index (χ0n) is 20.2. The summed E-state index contributed by atoms with van der Waals surface area (Å²) in [6.07, 6.45) is 0.927. The third-order valence-corrected chi connectivity index (χ3v) is 7.57. The van der Waals surface area contributed by atoms with Gasteiger partial charge in [-0.3, -0.25) is 19.0 Å². The number of rotatable bonds is 5. The molecule has 4 rings (SSSR count). The molecule has 1 N–H and O–H groups in total. The first-order valence-electron chi connectivity index (χ1n) is 11.4. The molecule has 0 bridgehead atoms. The number of fused-ring (bicyclic) bond motifs is 1. The van der Waals surface area contributed by atoms with E-state index in [0.29, 0.717) is 64.2 Å². The lowest BCUT2D eigenvalue weighted by atomic mass is 10.2. The van der Waals surface area contributed by atoms with Crippen LogP contribution in [0.4, 0.5) is 10.5 Å². The standard InChI is InChI=1S/C24H26ClN5O5S/c1-4-35-24(34)29-9-7-28(8-10-29)23(33)20-15(3)19-21(36-20)26-13-30(22(19)32)12-18(31)27-16-6-5-14(2)17(25)11-16/h5-6,11,13H,4,7-10,12H2,1-3H3,(H,27,31). The molecule has 3 amide bonds. The molecular formula is C24H26ClN5O5S. The minimum atomic E-state index is -0.401. The van der Waals surface area contributed by atoms with Crippen molar-refractivity contribution in [3.05, 3.63) is 55.9 Å². The average Bonchev–Trinajstić information content (AvgIpc) is 3.20. The first-order valence-corrected chi connectivity index (χ1v) is 12.6. The maximum atomic E-state index is 13.2. The van der Waals surface area contributed by atoms with Crippen LogP contribution in [0.1, 0.15) is 27.7 Å². The number of ether oxygens (including phenoxy) is 1. The second-order valence-corrected chi connectivity index (χ2v) is 9.81. The van der Waals surface area contributed by atoms with Crippen LogP contribution in [0.2, 0.25) is 5.02 Å². The van der Waals surface area contributed by atoms with Crippen molar-refractivity contribution in [1.82, 2.24) is 19.4 Å². The van der Waals surface area contributed by atoms with Gasteiger partial charge in [-0.05, 0) is 44.0 Å². The Hall–Kier alpha value is -3.44. The van der Waals surface area contributed by atoms with E-state index in [1.54, 1.807) is 41.8 Å². The largest absolute Gasteiger partial charge is 0.450 e. The zero-order valence-corrected chi connectivity index (χ0v) is 21.7. The molecule has 1 saturated heterocycles. The summed E-state index contributed by atoms with van der Waals surface area (Å²) >= 11 is 7.27. The lowest BCUT2D eigenvalue weighted by Gasteiger charge is -2.33. The van der Waals surface area contributed by atoms with Crippen LogP contribution in [0.15, 0.2) is 29.3 Å². The number of piperazine rings is 1. The molecule has 0 spiro atoms. The van der Waals surface area contributed by atoms with Gasteiger partial charge in [-0.25, -0.2) is 9.78 Å². The van der Waals surface area contributed by atoms with Crippen LogP contribution in [-0.2, 0) is 16.1 Å². The van der Waals surface area contributed by atoms with Crippen LogP contribution < -0.4 is 10.9 Å². The van der Waals surface area contributed by atoms with Gasteiger partial charge in [0.25, 0.3) is 11.5 Å². The number of nitrogens with one attached hydrogen (secondary N) is 1. The molecule has 2 aromatic heterocycles. The number of aryl methyl sites for hydroxylation is 2. The fraction of sp³-hybridized carbons (Fsp3) is 0.375. The SMILES string of the molecule is CCOC(=O)N1CCN(C(=O)c2sc3ncn(CC(=O)Nc4ccc(C)c(Cl)c4)c(=O)c3c2C)CC1. The zero-order chi connectivity index (χ0) is 26.0. The van der Waals surface area contributed by atoms with E-state index in [0.717, 1.165) is 16.9 Å². The third kappa shape index (κ3) is 5.21. The second-order valence-electron chi connectivity index (χ2n) is 8.40. The number of hydrogen-bond acceptors (Lipinski definition) is 7. The van der Waals surface area contributed by atoms with Crippen molar-refractivity contribution in [3.8, 4) is 0 Å². The molecule has 1 fully saturated rings. The van der Waals surface area contributed by atoms with Crippen LogP contribution >= 0.6 is 22.9 Å². The Bertz CT molecular complexity index is 1390. The number of carbonyl (C=O) groups is 3. The quantitative estimate of drug-likeness (QED) is 0.540. The second kappa shape index (κ2) is 10.7. The molecule has 1 aliphatic heterocycles. The number of nitrogens with zero attached hydrogens (tertiary/aromatic N) is 4. The molecule has 0 atom stereocenters. The smallest absolute Gasteiger partial charge is 0.409 e. The number of amides is 3. The van der Waals surface area contributed by atoms with E-state index in [-0.39, 0.29) is 18.5 Å². The summed E-state index contributed by atoms with van der Waals surface area (Å²) in [6, 6.07) is 5.17. The molecule has 0 aliphatic carbocycles. The predicted molar refractivity (Wildman–Crippen MR) is 138 cm³/mol. The number of carbonyl (C=O) groups excluding carboxylic acids is 3. The van der Waals surface area contributed by atoms with Gasteiger partial charge >= 0.3 is 6.09 Å². The summed E-state index contributed by atoms with van der Waals surface area (Å²) in [5.41, 5.74) is 1.56. The van der Waals surface area contributed by atoms with Gasteiger partial charge in [-0.2, -0.15) is 0 Å². The number of benzene rings is 1. The van der Waals surface area contributed by atoms with E-state index in [1.807, 2.05) is 6.92 Å². The van der Waals surface area contributed by atoms with Gasteiger partial charge in [0.05, 0.1) is 23.2 Å². The van der Waals surface area contributed by atoms with Gasteiger partial charge in [0.1, 0.15) is 11.4 Å². The lowest BCUT2D eigenvalue weighted by Crippen LogP contribution is -2.50. The Labute approximate surface area is 216 Å². The Morgan fingerprint density at radius 3 is 2.50 bits per heavy atom. The molecule has 10 nitrogen and oxygen atoms in total. The highest BCUT2D eigenvalue weighted by molar-refractivity contribution is 7.20. The van der Waals surface area contributed by atoms with E-state index in [9.17, 15) is 19.2 Å². The van der Waals surface area contributed by atoms with Crippen molar-refractivity contribution in [1.29, 1.82) is 0 Å². The fourth-order valence-electron chi connectivity index (χ4n) is 3.95. The minimum absolute atomic E-state index is 0.209. The predicted octanol–water partition coefficient (Wildman–Crippen LogP) is 3.28. The monoisotopic (exact) mass is 531 g/mol. The molecule has 1 aromatic carbocycles. The average molecular weight is 532 g/mol. The number of aromatic nitrogens is 2. The summed E-state index contributed by atoms with van der Waals surface area (Å²) in [6.45, 7) is 6.87. The van der Waals surface area contributed by atoms with Crippen molar-refractivity contribution < 1.29 is 19.1 Å². The Balaban J connectivity index is 1.49. The molecule has 0 unspecified atom stereocenters. The van der Waals surface area contributed by atoms with E-state index in [1.165, 1.54) is 10.9 Å². The van der Waals surface area contributed by atoms with Crippen molar-refractivity contribution >= 4 is 56.7 Å². The number of thiophene rings is 1. The summed E-state index contributed by atoms with van der Waals surface area (Å²) in [5, 5.41) is 3.58. The van der Waals surface area contributed by atoms with Crippen molar-refractivity contribution in [2.45, 2.75) is 27.3 Å². The van der Waals surface area contributed by atoms with Crippen LogP contribution in [0.5, 0.6) is 0 Å². The highest BCUT2D eigenvalue weighted by atomic mass is 35.5. The highest BCUT2D eigenvalue weighted by Gasteiger charge is 2.28. The topological polar surface area (TPSA) is 114 Å². The van der Waals surface area contributed by atoms with E-state index in [2.05, 4.69) is 10.3 Å². The van der Waals surface area contributed by atoms with Crippen molar-refractivity contribution in [2.24, 2.45) is 0 Å². The van der Waals surface area contributed by atoms with Crippen LogP contribution in [0, 0.1) is 13.8 Å². The van der Waals surface area contributed by atoms with Gasteiger partial charge in [0.2, 0.25) is 5.91 Å². The number of anilines is 1. The van der Waals surface area contributed by atoms with Crippen LogP contribution in [0.25, 0.3) is 10.2 Å². The molecule has 12 heteroatoms. The van der Waals surface area contributed by atoms with Crippen molar-refractivity contribution in [3.63, 3.8) is 0 Å². The van der Waals surface area contributed by atoms with Gasteiger partial charge in [-0.1, -0.05) is 17.7 Å². The molecule has 0 saturated carbocycles. The first kappa shape index (κ1) is 25.6. The van der Waals surface area contributed by atoms with E-state index < -0.39 is 11.5 Å². The molecule has 36 heavy (non-hydrogen) atoms. The Morgan fingerprint density at radius 1 is 1.14 bits per heavy atom. The van der Waals surface area contributed by atoms with Gasteiger partial charge < -0.3 is 19.9 Å². The number of halogens is 1. The fourth-order valence-corrected chi connectivity index (χ4v) is 5.24. The first-order chi connectivity index (χ1) is 17.2.